The van der Waals surface area contributed by atoms with Crippen molar-refractivity contribution in [1.82, 2.24) is 19.1 Å². The van der Waals surface area contributed by atoms with Gasteiger partial charge >= 0.3 is 0 Å². The Labute approximate surface area is 297 Å². The van der Waals surface area contributed by atoms with E-state index in [1.165, 1.54) is 52.9 Å². The second kappa shape index (κ2) is 11.0. The lowest BCUT2D eigenvalue weighted by molar-refractivity contribution is 1.13. The fourth-order valence-electron chi connectivity index (χ4n) is 7.83. The molecule has 0 amide bonds. The first kappa shape index (κ1) is 28.3. The summed E-state index contributed by atoms with van der Waals surface area (Å²) in [5.41, 5.74) is 9.69. The minimum atomic E-state index is 0.710. The monoisotopic (exact) mass is 668 g/mol. The molecule has 0 N–H and O–H groups in total. The molecule has 5 heteroatoms. The van der Waals surface area contributed by atoms with Gasteiger partial charge in [0.1, 0.15) is 0 Å². The van der Waals surface area contributed by atoms with E-state index in [0.717, 1.165) is 39.1 Å². The second-order valence-electron chi connectivity index (χ2n) is 13.0. The smallest absolute Gasteiger partial charge is 0.160 e. The molecule has 11 aromatic rings. The van der Waals surface area contributed by atoms with Gasteiger partial charge in [-0.05, 0) is 60.7 Å². The summed E-state index contributed by atoms with van der Waals surface area (Å²) in [4.78, 5) is 10.3. The van der Waals surface area contributed by atoms with Crippen LogP contribution in [0.5, 0.6) is 0 Å². The zero-order valence-electron chi connectivity index (χ0n) is 27.4. The lowest BCUT2D eigenvalue weighted by atomic mass is 10.1. The minimum absolute atomic E-state index is 0.710. The van der Waals surface area contributed by atoms with Crippen molar-refractivity contribution in [2.45, 2.75) is 0 Å². The molecule has 0 spiro atoms. The molecule has 4 heterocycles. The Morgan fingerprint density at radius 3 is 2.06 bits per heavy atom. The van der Waals surface area contributed by atoms with E-state index >= 15 is 0 Å². The summed E-state index contributed by atoms with van der Waals surface area (Å²) >= 11 is 1.87. The Hall–Kier alpha value is -6.56. The van der Waals surface area contributed by atoms with Crippen molar-refractivity contribution in [1.29, 1.82) is 0 Å². The third-order valence-corrected chi connectivity index (χ3v) is 11.3. The maximum atomic E-state index is 5.22. The molecule has 238 valence electrons. The summed E-state index contributed by atoms with van der Waals surface area (Å²) in [6, 6.07) is 58.4. The topological polar surface area (TPSA) is 35.6 Å². The van der Waals surface area contributed by atoms with E-state index in [1.54, 1.807) is 0 Å². The van der Waals surface area contributed by atoms with Crippen LogP contribution in [0.15, 0.2) is 170 Å². The Bertz CT molecular complexity index is 3130. The molecular formula is C46H28N4S. The number of rotatable bonds is 4. The van der Waals surface area contributed by atoms with Crippen LogP contribution in [0.1, 0.15) is 0 Å². The van der Waals surface area contributed by atoms with Gasteiger partial charge < -0.3 is 9.13 Å². The molecule has 0 aliphatic carbocycles. The number of aromatic nitrogens is 4. The maximum absolute atomic E-state index is 5.22. The molecule has 4 nitrogen and oxygen atoms in total. The number of fused-ring (bicyclic) bond motifs is 9. The fourth-order valence-corrected chi connectivity index (χ4v) is 8.96. The average molecular weight is 669 g/mol. The van der Waals surface area contributed by atoms with Crippen LogP contribution in [0.2, 0.25) is 0 Å². The summed E-state index contributed by atoms with van der Waals surface area (Å²) in [6.45, 7) is 0. The van der Waals surface area contributed by atoms with Crippen LogP contribution in [0, 0.1) is 0 Å². The maximum Gasteiger partial charge on any atom is 0.160 e. The van der Waals surface area contributed by atoms with Crippen LogP contribution >= 0.6 is 11.3 Å². The van der Waals surface area contributed by atoms with Gasteiger partial charge in [-0.25, -0.2) is 9.97 Å². The van der Waals surface area contributed by atoms with Gasteiger partial charge in [-0.2, -0.15) is 0 Å². The third kappa shape index (κ3) is 4.32. The molecule has 0 aliphatic heterocycles. The highest BCUT2D eigenvalue weighted by molar-refractivity contribution is 7.25. The van der Waals surface area contributed by atoms with Crippen LogP contribution in [-0.4, -0.2) is 19.1 Å². The van der Waals surface area contributed by atoms with Gasteiger partial charge in [0.2, 0.25) is 0 Å². The lowest BCUT2D eigenvalue weighted by Gasteiger charge is -2.13. The molecule has 11 rings (SSSR count). The standard InChI is InChI=1S/C46H28N4S/c1-3-12-29(13-4-1)44-35-19-7-9-20-39(35)47-46(48-44)30-14-11-17-32(26-30)50-41-27-38-33-18-8-10-21-42(33)51-43(38)28-37(41)34-22-23-40-36(45(34)50)24-25-49(40)31-15-5-2-6-16-31/h1-28H. The summed E-state index contributed by atoms with van der Waals surface area (Å²) in [6.07, 6.45) is 2.19. The molecular weight excluding hydrogens is 641 g/mol. The van der Waals surface area contributed by atoms with E-state index in [2.05, 4.69) is 167 Å². The SMILES string of the molecule is c1ccc(-c2nc(-c3cccc(-n4c5cc6c(cc5c5ccc7c(ccn7-c7ccccc7)c54)sc4ccccc46)c3)nc3ccccc23)cc1. The Kier molecular flexibility index (Phi) is 6.09. The van der Waals surface area contributed by atoms with E-state index in [9.17, 15) is 0 Å². The van der Waals surface area contributed by atoms with Crippen molar-refractivity contribution in [2.75, 3.05) is 0 Å². The van der Waals surface area contributed by atoms with Gasteiger partial charge in [-0.15, -0.1) is 11.3 Å². The molecule has 0 aliphatic rings. The van der Waals surface area contributed by atoms with E-state index in [-0.39, 0.29) is 0 Å². The molecule has 7 aromatic carbocycles. The van der Waals surface area contributed by atoms with Gasteiger partial charge in [-0.3, -0.25) is 0 Å². The molecule has 0 radical (unpaired) electrons. The van der Waals surface area contributed by atoms with Gasteiger partial charge in [-0.1, -0.05) is 103 Å². The van der Waals surface area contributed by atoms with Crippen molar-refractivity contribution in [3.05, 3.63) is 170 Å². The van der Waals surface area contributed by atoms with Crippen LogP contribution in [0.3, 0.4) is 0 Å². The highest BCUT2D eigenvalue weighted by atomic mass is 32.1. The fraction of sp³-hybridized carbons (Fsp3) is 0. The van der Waals surface area contributed by atoms with Gasteiger partial charge in [0, 0.05) is 70.4 Å². The number of nitrogens with zero attached hydrogens (tertiary/aromatic N) is 4. The molecule has 51 heavy (non-hydrogen) atoms. The Balaban J connectivity index is 1.21. The predicted molar refractivity (Wildman–Crippen MR) is 214 cm³/mol. The Morgan fingerprint density at radius 1 is 0.431 bits per heavy atom. The quantitative estimate of drug-likeness (QED) is 0.187. The second-order valence-corrected chi connectivity index (χ2v) is 14.1. The molecule has 0 bridgehead atoms. The van der Waals surface area contributed by atoms with Crippen molar-refractivity contribution < 1.29 is 0 Å². The van der Waals surface area contributed by atoms with Crippen molar-refractivity contribution in [3.63, 3.8) is 0 Å². The molecule has 0 unspecified atom stereocenters. The first-order chi connectivity index (χ1) is 25.3. The minimum Gasteiger partial charge on any atom is -0.316 e. The van der Waals surface area contributed by atoms with Gasteiger partial charge in [0.05, 0.1) is 27.8 Å². The van der Waals surface area contributed by atoms with Gasteiger partial charge in [0.15, 0.2) is 5.82 Å². The molecule has 0 fully saturated rings. The first-order valence-corrected chi connectivity index (χ1v) is 18.0. The summed E-state index contributed by atoms with van der Waals surface area (Å²) < 4.78 is 7.35. The Morgan fingerprint density at radius 2 is 1.18 bits per heavy atom. The molecule has 0 saturated carbocycles. The largest absolute Gasteiger partial charge is 0.316 e. The van der Waals surface area contributed by atoms with E-state index in [4.69, 9.17) is 9.97 Å². The zero-order chi connectivity index (χ0) is 33.5. The first-order valence-electron chi connectivity index (χ1n) is 17.2. The van der Waals surface area contributed by atoms with Crippen LogP contribution in [0.4, 0.5) is 0 Å². The van der Waals surface area contributed by atoms with Crippen molar-refractivity contribution >= 4 is 75.1 Å². The van der Waals surface area contributed by atoms with Crippen molar-refractivity contribution in [3.8, 4) is 34.0 Å². The molecule has 4 aromatic heterocycles. The van der Waals surface area contributed by atoms with E-state index in [1.807, 2.05) is 23.5 Å². The van der Waals surface area contributed by atoms with Crippen LogP contribution < -0.4 is 0 Å². The number of thiophene rings is 1. The number of para-hydroxylation sites is 2. The number of benzene rings is 7. The normalized spacial score (nSPS) is 11.9. The highest BCUT2D eigenvalue weighted by Gasteiger charge is 2.20. The van der Waals surface area contributed by atoms with E-state index in [0.29, 0.717) is 5.82 Å². The molecule has 0 atom stereocenters. The van der Waals surface area contributed by atoms with Crippen LogP contribution in [-0.2, 0) is 0 Å². The number of hydrogen-bond donors (Lipinski definition) is 0. The summed E-state index contributed by atoms with van der Waals surface area (Å²) in [5, 5.41) is 7.32. The van der Waals surface area contributed by atoms with Crippen LogP contribution in [0.25, 0.3) is 97.8 Å². The average Bonchev–Trinajstić information content (AvgIpc) is 3.89. The highest BCUT2D eigenvalue weighted by Crippen LogP contribution is 2.43. The van der Waals surface area contributed by atoms with Gasteiger partial charge in [0.25, 0.3) is 0 Å². The predicted octanol–water partition coefficient (Wildman–Crippen LogP) is 12.4. The van der Waals surface area contributed by atoms with E-state index < -0.39 is 0 Å². The summed E-state index contributed by atoms with van der Waals surface area (Å²) in [7, 11) is 0. The van der Waals surface area contributed by atoms with Crippen molar-refractivity contribution in [2.24, 2.45) is 0 Å². The molecule has 0 saturated heterocycles. The third-order valence-electron chi connectivity index (χ3n) is 10.1. The zero-order valence-corrected chi connectivity index (χ0v) is 28.2. The number of hydrogen-bond acceptors (Lipinski definition) is 3. The summed E-state index contributed by atoms with van der Waals surface area (Å²) in [5.74, 6) is 0.710. The lowest BCUT2D eigenvalue weighted by Crippen LogP contribution is -1.98.